The lowest BCUT2D eigenvalue weighted by Crippen LogP contribution is -2.46. The topological polar surface area (TPSA) is 17.1 Å². The zero-order valence-corrected chi connectivity index (χ0v) is 10.0. The molecule has 0 radical (unpaired) electrons. The minimum Gasteiger partial charge on any atom is -0.294 e. The van der Waals surface area contributed by atoms with Crippen LogP contribution in [0, 0.1) is 16.7 Å². The lowest BCUT2D eigenvalue weighted by atomic mass is 9.53. The smallest absolute Gasteiger partial charge is 0.162 e. The van der Waals surface area contributed by atoms with Crippen molar-refractivity contribution >= 4 is 5.78 Å². The Kier molecular flexibility index (Phi) is 1.64. The van der Waals surface area contributed by atoms with Gasteiger partial charge in [-0.3, -0.25) is 4.79 Å². The van der Waals surface area contributed by atoms with E-state index in [1.165, 1.54) is 24.0 Å². The van der Waals surface area contributed by atoms with Crippen LogP contribution in [0.4, 0.5) is 0 Å². The molecule has 3 aliphatic rings. The molecule has 0 spiro atoms. The Hall–Kier alpha value is -0.590. The number of carbonyl (C=O) groups is 1. The molecule has 3 rings (SSSR count). The predicted molar refractivity (Wildman–Crippen MR) is 60.5 cm³/mol. The third-order valence-electron chi connectivity index (χ3n) is 4.85. The first-order valence-electron chi connectivity index (χ1n) is 6.16. The number of fused-ring (bicyclic) bond motifs is 1. The molecule has 82 valence electrons. The molecular formula is C14H20O. The van der Waals surface area contributed by atoms with E-state index in [2.05, 4.69) is 20.8 Å². The molecule has 2 atom stereocenters. The molecule has 1 heteroatoms. The number of rotatable bonds is 0. The van der Waals surface area contributed by atoms with Gasteiger partial charge in [-0.15, -0.1) is 0 Å². The van der Waals surface area contributed by atoms with Crippen molar-refractivity contribution in [1.29, 1.82) is 0 Å². The summed E-state index contributed by atoms with van der Waals surface area (Å²) in [7, 11) is 0. The van der Waals surface area contributed by atoms with E-state index in [0.717, 1.165) is 19.3 Å². The largest absolute Gasteiger partial charge is 0.294 e. The van der Waals surface area contributed by atoms with Gasteiger partial charge in [0.05, 0.1) is 0 Å². The van der Waals surface area contributed by atoms with Crippen LogP contribution in [0.2, 0.25) is 0 Å². The maximum atomic E-state index is 12.3. The van der Waals surface area contributed by atoms with Gasteiger partial charge in [-0.05, 0) is 48.5 Å². The Morgan fingerprint density at radius 2 is 1.87 bits per heavy atom. The minimum absolute atomic E-state index is 0.344. The van der Waals surface area contributed by atoms with Gasteiger partial charge in [-0.2, -0.15) is 0 Å². The number of Topliss-reactive ketones (excluding diaryl/α,β-unsaturated/α-hetero) is 1. The molecule has 0 N–H and O–H groups in total. The second kappa shape index (κ2) is 2.56. The summed E-state index contributed by atoms with van der Waals surface area (Å²) in [6, 6.07) is 0. The first-order valence-corrected chi connectivity index (χ1v) is 6.16. The fourth-order valence-electron chi connectivity index (χ4n) is 3.92. The summed E-state index contributed by atoms with van der Waals surface area (Å²) in [5, 5.41) is 0. The van der Waals surface area contributed by atoms with E-state index in [1.54, 1.807) is 0 Å². The summed E-state index contributed by atoms with van der Waals surface area (Å²) in [6.07, 6.45) is 5.82. The summed E-state index contributed by atoms with van der Waals surface area (Å²) in [6.45, 7) is 6.90. The van der Waals surface area contributed by atoms with Crippen LogP contribution in [-0.4, -0.2) is 5.78 Å². The molecule has 0 aromatic carbocycles. The first kappa shape index (κ1) is 9.62. The van der Waals surface area contributed by atoms with E-state index in [9.17, 15) is 4.79 Å². The highest BCUT2D eigenvalue weighted by atomic mass is 16.1. The molecule has 0 aromatic rings. The average Bonchev–Trinajstić information content (AvgIpc) is 2.37. The Morgan fingerprint density at radius 3 is 2.47 bits per heavy atom. The maximum absolute atomic E-state index is 12.3. The number of ketones is 1. The van der Waals surface area contributed by atoms with Crippen molar-refractivity contribution in [1.82, 2.24) is 0 Å². The second-order valence-corrected chi connectivity index (χ2v) is 6.89. The van der Waals surface area contributed by atoms with Crippen LogP contribution in [0.3, 0.4) is 0 Å². The van der Waals surface area contributed by atoms with Gasteiger partial charge in [0.25, 0.3) is 0 Å². The van der Waals surface area contributed by atoms with Crippen molar-refractivity contribution in [3.8, 4) is 0 Å². The summed E-state index contributed by atoms with van der Waals surface area (Å²) < 4.78 is 0. The molecule has 1 nitrogen and oxygen atoms in total. The van der Waals surface area contributed by atoms with E-state index in [4.69, 9.17) is 0 Å². The van der Waals surface area contributed by atoms with E-state index >= 15 is 0 Å². The summed E-state index contributed by atoms with van der Waals surface area (Å²) in [5.74, 6) is 0.890. The van der Waals surface area contributed by atoms with Crippen molar-refractivity contribution < 1.29 is 4.79 Å². The molecule has 3 aliphatic carbocycles. The average molecular weight is 204 g/mol. The second-order valence-electron chi connectivity index (χ2n) is 6.89. The number of hydrogen-bond acceptors (Lipinski definition) is 1. The molecule has 0 aromatic heterocycles. The van der Waals surface area contributed by atoms with E-state index in [0.29, 0.717) is 22.5 Å². The Morgan fingerprint density at radius 1 is 1.13 bits per heavy atom. The van der Waals surface area contributed by atoms with Crippen LogP contribution in [0.5, 0.6) is 0 Å². The Bertz CT molecular complexity index is 375. The quantitative estimate of drug-likeness (QED) is 0.590. The molecule has 0 bridgehead atoms. The van der Waals surface area contributed by atoms with Crippen molar-refractivity contribution in [3.63, 3.8) is 0 Å². The van der Waals surface area contributed by atoms with Gasteiger partial charge in [0.15, 0.2) is 5.78 Å². The van der Waals surface area contributed by atoms with Gasteiger partial charge in [0, 0.05) is 5.92 Å². The molecule has 1 fully saturated rings. The van der Waals surface area contributed by atoms with E-state index in [1.807, 2.05) is 0 Å². The molecule has 15 heavy (non-hydrogen) atoms. The molecule has 0 heterocycles. The fraction of sp³-hybridized carbons (Fsp3) is 0.786. The highest BCUT2D eigenvalue weighted by molar-refractivity contribution is 6.00. The lowest BCUT2D eigenvalue weighted by molar-refractivity contribution is -0.130. The van der Waals surface area contributed by atoms with Crippen LogP contribution in [0.1, 0.15) is 52.9 Å². The van der Waals surface area contributed by atoms with Crippen LogP contribution >= 0.6 is 0 Å². The third-order valence-corrected chi connectivity index (χ3v) is 4.85. The lowest BCUT2D eigenvalue weighted by Gasteiger charge is -2.49. The van der Waals surface area contributed by atoms with Crippen molar-refractivity contribution in [2.75, 3.05) is 0 Å². The number of hydrogen-bond donors (Lipinski definition) is 0. The minimum atomic E-state index is 0.344. The normalized spacial score (nSPS) is 42.3. The molecule has 0 aliphatic heterocycles. The van der Waals surface area contributed by atoms with Gasteiger partial charge >= 0.3 is 0 Å². The molecule has 1 saturated carbocycles. The molecule has 0 saturated heterocycles. The highest BCUT2D eigenvalue weighted by Crippen LogP contribution is 2.59. The van der Waals surface area contributed by atoms with E-state index in [-0.39, 0.29) is 0 Å². The summed E-state index contributed by atoms with van der Waals surface area (Å²) in [5.41, 5.74) is 3.42. The van der Waals surface area contributed by atoms with Gasteiger partial charge in [-0.1, -0.05) is 26.3 Å². The first-order chi connectivity index (χ1) is 6.91. The van der Waals surface area contributed by atoms with Crippen LogP contribution in [0.15, 0.2) is 11.1 Å². The maximum Gasteiger partial charge on any atom is 0.162 e. The van der Waals surface area contributed by atoms with E-state index < -0.39 is 0 Å². The van der Waals surface area contributed by atoms with Gasteiger partial charge in [-0.25, -0.2) is 0 Å². The van der Waals surface area contributed by atoms with Gasteiger partial charge in [0.2, 0.25) is 0 Å². The zero-order valence-electron chi connectivity index (χ0n) is 10.0. The van der Waals surface area contributed by atoms with Crippen LogP contribution < -0.4 is 0 Å². The predicted octanol–water partition coefficient (Wildman–Crippen LogP) is 3.49. The number of allylic oxidation sites excluding steroid dienone is 2. The van der Waals surface area contributed by atoms with Gasteiger partial charge < -0.3 is 0 Å². The van der Waals surface area contributed by atoms with Crippen LogP contribution in [0.25, 0.3) is 0 Å². The summed E-state index contributed by atoms with van der Waals surface area (Å²) in [4.78, 5) is 12.3. The van der Waals surface area contributed by atoms with Crippen molar-refractivity contribution in [2.24, 2.45) is 16.7 Å². The Labute approximate surface area is 91.9 Å². The molecule has 0 unspecified atom stereocenters. The summed E-state index contributed by atoms with van der Waals surface area (Å²) >= 11 is 0. The SMILES string of the molecule is CC1(C)CC2=C(C1)C(=O)[C@H]1CC[C@@]1(C)C2. The zero-order chi connectivity index (χ0) is 10.8. The molecule has 0 amide bonds. The standard InChI is InChI=1S/C14H20O/c1-13(2)6-9-7-14(3)5-4-11(14)12(15)10(9)8-13/h11H,4-8H2,1-3H3/t11-,14+/m1/s1. The monoisotopic (exact) mass is 204 g/mol. The third kappa shape index (κ3) is 1.18. The van der Waals surface area contributed by atoms with Crippen molar-refractivity contribution in [3.05, 3.63) is 11.1 Å². The molecular weight excluding hydrogens is 184 g/mol. The number of carbonyl (C=O) groups excluding carboxylic acids is 1. The fourth-order valence-corrected chi connectivity index (χ4v) is 3.92. The Balaban J connectivity index is 1.98. The highest BCUT2D eigenvalue weighted by Gasteiger charge is 2.53. The van der Waals surface area contributed by atoms with Crippen molar-refractivity contribution in [2.45, 2.75) is 52.9 Å². The van der Waals surface area contributed by atoms with Crippen LogP contribution in [-0.2, 0) is 4.79 Å². The van der Waals surface area contributed by atoms with Gasteiger partial charge in [0.1, 0.15) is 0 Å².